The minimum absolute atomic E-state index is 0.504. The summed E-state index contributed by atoms with van der Waals surface area (Å²) in [5, 5.41) is 1.13. The predicted octanol–water partition coefficient (Wildman–Crippen LogP) is 3.75. The standard InChI is InChI=1S/C8H19BrSi/c1-8(2,6-9)7-10(3,4)5/h6-7H2,1-5H3. The van der Waals surface area contributed by atoms with Crippen LogP contribution in [0.2, 0.25) is 25.7 Å². The molecule has 0 heterocycles. The highest BCUT2D eigenvalue weighted by Crippen LogP contribution is 2.29. The molecular weight excluding hydrogens is 204 g/mol. The largest absolute Gasteiger partial charge is 0.0922 e. The quantitative estimate of drug-likeness (QED) is 0.505. The molecule has 0 aromatic heterocycles. The molecule has 0 rings (SSSR count). The van der Waals surface area contributed by atoms with E-state index in [4.69, 9.17) is 0 Å². The van der Waals surface area contributed by atoms with E-state index >= 15 is 0 Å². The van der Waals surface area contributed by atoms with Crippen molar-refractivity contribution in [3.8, 4) is 0 Å². The van der Waals surface area contributed by atoms with Gasteiger partial charge in [0.2, 0.25) is 0 Å². The van der Waals surface area contributed by atoms with Crippen LogP contribution in [-0.2, 0) is 0 Å². The molecular formula is C8H19BrSi. The van der Waals surface area contributed by atoms with Gasteiger partial charge in [-0.25, -0.2) is 0 Å². The summed E-state index contributed by atoms with van der Waals surface area (Å²) in [7, 11) is -0.844. The second-order valence-electron chi connectivity index (χ2n) is 5.04. The highest BCUT2D eigenvalue weighted by Gasteiger charge is 2.25. The molecule has 0 bridgehead atoms. The zero-order valence-electron chi connectivity index (χ0n) is 7.79. The van der Waals surface area contributed by atoms with Gasteiger partial charge in [0, 0.05) is 13.4 Å². The summed E-state index contributed by atoms with van der Waals surface area (Å²) in [4.78, 5) is 0. The minimum Gasteiger partial charge on any atom is -0.0922 e. The molecule has 0 aliphatic carbocycles. The molecule has 0 nitrogen and oxygen atoms in total. The summed E-state index contributed by atoms with van der Waals surface area (Å²) < 4.78 is 0. The Morgan fingerprint density at radius 3 is 1.70 bits per heavy atom. The maximum atomic E-state index is 3.55. The third-order valence-electron chi connectivity index (χ3n) is 1.37. The van der Waals surface area contributed by atoms with Crippen LogP contribution in [0.25, 0.3) is 0 Å². The molecule has 0 atom stereocenters. The van der Waals surface area contributed by atoms with Crippen LogP contribution in [0, 0.1) is 5.41 Å². The molecule has 62 valence electrons. The zero-order chi connectivity index (χ0) is 8.41. The minimum atomic E-state index is -0.844. The monoisotopic (exact) mass is 222 g/mol. The first-order valence-corrected chi connectivity index (χ1v) is 8.66. The van der Waals surface area contributed by atoms with E-state index in [0.29, 0.717) is 5.41 Å². The Kier molecular flexibility index (Phi) is 3.63. The highest BCUT2D eigenvalue weighted by atomic mass is 79.9. The molecule has 0 aromatic rings. The van der Waals surface area contributed by atoms with Crippen molar-refractivity contribution in [2.75, 3.05) is 5.33 Å². The van der Waals surface area contributed by atoms with Crippen molar-refractivity contribution in [1.29, 1.82) is 0 Å². The van der Waals surface area contributed by atoms with Crippen LogP contribution in [0.5, 0.6) is 0 Å². The van der Waals surface area contributed by atoms with E-state index in [0.717, 1.165) is 5.33 Å². The Balaban J connectivity index is 3.89. The van der Waals surface area contributed by atoms with Gasteiger partial charge < -0.3 is 0 Å². The third kappa shape index (κ3) is 5.48. The lowest BCUT2D eigenvalue weighted by Crippen LogP contribution is -2.29. The van der Waals surface area contributed by atoms with E-state index in [1.807, 2.05) is 0 Å². The molecule has 0 saturated carbocycles. The molecule has 0 aromatic carbocycles. The maximum Gasteiger partial charge on any atom is 0.0448 e. The van der Waals surface area contributed by atoms with Crippen LogP contribution in [0.4, 0.5) is 0 Å². The number of halogens is 1. The summed E-state index contributed by atoms with van der Waals surface area (Å²) in [6.07, 6.45) is 0. The first kappa shape index (κ1) is 10.7. The van der Waals surface area contributed by atoms with Gasteiger partial charge in [0.15, 0.2) is 0 Å². The summed E-state index contributed by atoms with van der Waals surface area (Å²) in [5.74, 6) is 0. The van der Waals surface area contributed by atoms with E-state index in [2.05, 4.69) is 49.4 Å². The van der Waals surface area contributed by atoms with Gasteiger partial charge in [-0.15, -0.1) is 0 Å². The van der Waals surface area contributed by atoms with E-state index in [-0.39, 0.29) is 0 Å². The van der Waals surface area contributed by atoms with Crippen LogP contribution >= 0.6 is 15.9 Å². The Hall–Kier alpha value is 0.697. The Bertz CT molecular complexity index is 102. The van der Waals surface area contributed by atoms with Crippen LogP contribution in [0.15, 0.2) is 0 Å². The average molecular weight is 223 g/mol. The van der Waals surface area contributed by atoms with Gasteiger partial charge in [0.05, 0.1) is 0 Å². The molecule has 0 fully saturated rings. The van der Waals surface area contributed by atoms with Crippen molar-refractivity contribution in [1.82, 2.24) is 0 Å². The molecule has 0 radical (unpaired) electrons. The number of alkyl halides is 1. The highest BCUT2D eigenvalue weighted by molar-refractivity contribution is 9.09. The van der Waals surface area contributed by atoms with Gasteiger partial charge >= 0.3 is 0 Å². The molecule has 0 N–H and O–H groups in total. The number of hydrogen-bond acceptors (Lipinski definition) is 0. The molecule has 0 saturated heterocycles. The fourth-order valence-electron chi connectivity index (χ4n) is 1.48. The summed E-state index contributed by atoms with van der Waals surface area (Å²) in [6, 6.07) is 1.41. The molecule has 0 aliphatic heterocycles. The number of hydrogen-bond donors (Lipinski definition) is 0. The maximum absolute atomic E-state index is 3.55. The second-order valence-corrected chi connectivity index (χ2v) is 11.1. The Labute approximate surface area is 74.5 Å². The molecule has 0 aliphatic rings. The summed E-state index contributed by atoms with van der Waals surface area (Å²) in [5.41, 5.74) is 0.504. The van der Waals surface area contributed by atoms with Gasteiger partial charge in [0.1, 0.15) is 0 Å². The summed E-state index contributed by atoms with van der Waals surface area (Å²) in [6.45, 7) is 12.0. The number of rotatable bonds is 3. The van der Waals surface area contributed by atoms with Crippen molar-refractivity contribution >= 4 is 24.0 Å². The zero-order valence-corrected chi connectivity index (χ0v) is 10.4. The lowest BCUT2D eigenvalue weighted by Gasteiger charge is -2.29. The van der Waals surface area contributed by atoms with E-state index < -0.39 is 8.07 Å². The first-order valence-electron chi connectivity index (χ1n) is 3.83. The van der Waals surface area contributed by atoms with Crippen molar-refractivity contribution in [2.45, 2.75) is 39.5 Å². The predicted molar refractivity (Wildman–Crippen MR) is 55.7 cm³/mol. The van der Waals surface area contributed by atoms with Crippen LogP contribution in [-0.4, -0.2) is 13.4 Å². The molecule has 2 heteroatoms. The second kappa shape index (κ2) is 3.40. The lowest BCUT2D eigenvalue weighted by molar-refractivity contribution is 0.476. The van der Waals surface area contributed by atoms with E-state index in [1.54, 1.807) is 0 Å². The van der Waals surface area contributed by atoms with Crippen LogP contribution < -0.4 is 0 Å². The molecule has 0 spiro atoms. The Morgan fingerprint density at radius 1 is 1.20 bits per heavy atom. The lowest BCUT2D eigenvalue weighted by atomic mass is 10.0. The average Bonchev–Trinajstić information content (AvgIpc) is 1.60. The fraction of sp³-hybridized carbons (Fsp3) is 1.00. The fourth-order valence-corrected chi connectivity index (χ4v) is 5.04. The van der Waals surface area contributed by atoms with E-state index in [1.165, 1.54) is 6.04 Å². The smallest absolute Gasteiger partial charge is 0.0448 e. The van der Waals surface area contributed by atoms with Crippen LogP contribution in [0.3, 0.4) is 0 Å². The van der Waals surface area contributed by atoms with Crippen molar-refractivity contribution < 1.29 is 0 Å². The van der Waals surface area contributed by atoms with Gasteiger partial charge in [-0.3, -0.25) is 0 Å². The van der Waals surface area contributed by atoms with Gasteiger partial charge in [0.25, 0.3) is 0 Å². The third-order valence-corrected chi connectivity index (χ3v) is 4.91. The molecule has 0 amide bonds. The van der Waals surface area contributed by atoms with Crippen molar-refractivity contribution in [3.63, 3.8) is 0 Å². The molecule has 10 heavy (non-hydrogen) atoms. The van der Waals surface area contributed by atoms with Crippen molar-refractivity contribution in [3.05, 3.63) is 0 Å². The van der Waals surface area contributed by atoms with Crippen LogP contribution in [0.1, 0.15) is 13.8 Å². The first-order chi connectivity index (χ1) is 4.27. The van der Waals surface area contributed by atoms with E-state index in [9.17, 15) is 0 Å². The van der Waals surface area contributed by atoms with Gasteiger partial charge in [-0.05, 0) is 5.41 Å². The van der Waals surface area contributed by atoms with Crippen molar-refractivity contribution in [2.24, 2.45) is 5.41 Å². The normalized spacial score (nSPS) is 13.8. The summed E-state index contributed by atoms with van der Waals surface area (Å²) >= 11 is 3.55. The SMILES string of the molecule is CC(C)(CBr)C[Si](C)(C)C. The van der Waals surface area contributed by atoms with Gasteiger partial charge in [-0.2, -0.15) is 0 Å². The van der Waals surface area contributed by atoms with Gasteiger partial charge in [-0.1, -0.05) is 55.5 Å². The topological polar surface area (TPSA) is 0 Å². The molecule has 0 unspecified atom stereocenters. The Morgan fingerprint density at radius 2 is 1.60 bits per heavy atom.